The van der Waals surface area contributed by atoms with Gasteiger partial charge in [-0.25, -0.2) is 9.97 Å². The smallest absolute Gasteiger partial charge is 0.247 e. The van der Waals surface area contributed by atoms with Crippen molar-refractivity contribution in [3.05, 3.63) is 42.6 Å². The summed E-state index contributed by atoms with van der Waals surface area (Å²) in [4.78, 5) is 8.30. The summed E-state index contributed by atoms with van der Waals surface area (Å²) in [5.41, 5.74) is 1.72. The topological polar surface area (TPSA) is 59.2 Å². The monoisotopic (exact) mass is 276 g/mol. The molecule has 3 aromatic rings. The number of hydrogen-bond donors (Lipinski definition) is 1. The zero-order chi connectivity index (χ0) is 11.0. The Morgan fingerprint density at radius 3 is 2.65 bits per heavy atom. The Balaban J connectivity index is 0.00000108. The Bertz CT molecular complexity index is 619. The van der Waals surface area contributed by atoms with Gasteiger partial charge in [0.05, 0.1) is 5.56 Å². The molecular weight excluding hydrogens is 270 g/mol. The molecule has 0 saturated carbocycles. The van der Waals surface area contributed by atoms with Crippen LogP contribution in [0.3, 0.4) is 0 Å². The van der Waals surface area contributed by atoms with Gasteiger partial charge in [-0.2, -0.15) is 0 Å². The number of hydrogen-bond acceptors (Lipinski definition) is 4. The number of aromatic nitrogens is 2. The molecule has 0 aliphatic carbocycles. The van der Waals surface area contributed by atoms with Crippen LogP contribution in [0.5, 0.6) is 5.75 Å². The van der Waals surface area contributed by atoms with E-state index >= 15 is 0 Å². The van der Waals surface area contributed by atoms with E-state index in [4.69, 9.17) is 4.42 Å². The molecule has 0 amide bonds. The number of rotatable bonds is 1. The van der Waals surface area contributed by atoms with Gasteiger partial charge in [0.2, 0.25) is 11.6 Å². The van der Waals surface area contributed by atoms with E-state index in [1.807, 2.05) is 12.1 Å². The average molecular weight is 278 g/mol. The number of para-hydroxylation sites is 1. The van der Waals surface area contributed by atoms with Crippen LogP contribution in [-0.2, 0) is 19.5 Å². The molecule has 17 heavy (non-hydrogen) atoms. The van der Waals surface area contributed by atoms with Crippen LogP contribution >= 0.6 is 0 Å². The van der Waals surface area contributed by atoms with E-state index < -0.39 is 0 Å². The molecule has 0 spiro atoms. The van der Waals surface area contributed by atoms with Crippen LogP contribution in [0.2, 0.25) is 0 Å². The number of oxazole rings is 1. The minimum absolute atomic E-state index is 0. The van der Waals surface area contributed by atoms with Crippen LogP contribution in [0.15, 0.2) is 47.0 Å². The molecule has 1 N–H and O–H groups in total. The molecule has 5 heteroatoms. The molecule has 0 saturated heterocycles. The maximum atomic E-state index is 9.67. The molecule has 3 rings (SSSR count). The molecule has 0 bridgehead atoms. The zero-order valence-electron chi connectivity index (χ0n) is 9.00. The van der Waals surface area contributed by atoms with Crippen LogP contribution in [0.4, 0.5) is 0 Å². The quantitative estimate of drug-likeness (QED) is 0.695. The van der Waals surface area contributed by atoms with E-state index in [0.717, 1.165) is 0 Å². The van der Waals surface area contributed by atoms with Gasteiger partial charge in [0.15, 0.2) is 0 Å². The third-order valence-corrected chi connectivity index (χ3v) is 2.30. The largest absolute Gasteiger partial charge is 0.507 e. The van der Waals surface area contributed by atoms with Crippen LogP contribution in [-0.4, -0.2) is 15.1 Å². The van der Waals surface area contributed by atoms with Crippen molar-refractivity contribution >= 4 is 11.2 Å². The van der Waals surface area contributed by atoms with E-state index in [1.165, 1.54) is 0 Å². The second-order valence-electron chi connectivity index (χ2n) is 3.36. The molecule has 0 fully saturated rings. The molecule has 0 aliphatic heterocycles. The predicted molar refractivity (Wildman–Crippen MR) is 58.9 cm³/mol. The Hall–Kier alpha value is -1.74. The predicted octanol–water partition coefficient (Wildman–Crippen LogP) is 2.59. The maximum absolute atomic E-state index is 9.67. The van der Waals surface area contributed by atoms with E-state index in [-0.39, 0.29) is 25.2 Å². The Morgan fingerprint density at radius 2 is 1.88 bits per heavy atom. The first-order chi connectivity index (χ1) is 7.84. The first kappa shape index (κ1) is 11.7. The fraction of sp³-hybridized carbons (Fsp3) is 0. The maximum Gasteiger partial charge on any atom is 0.247 e. The van der Waals surface area contributed by atoms with E-state index in [0.29, 0.717) is 22.7 Å². The van der Waals surface area contributed by atoms with Crippen molar-refractivity contribution in [3.8, 4) is 17.2 Å². The Kier molecular flexibility index (Phi) is 3.20. The molecule has 0 unspecified atom stereocenters. The van der Waals surface area contributed by atoms with Gasteiger partial charge in [0.25, 0.3) is 0 Å². The van der Waals surface area contributed by atoms with E-state index in [2.05, 4.69) is 9.97 Å². The summed E-state index contributed by atoms with van der Waals surface area (Å²) < 4.78 is 5.45. The standard InChI is InChI=1S/C12H8N2O2.Zn/c15-10-6-2-1-4-8(10)11-14-9-5-3-7-13-12(9)16-11;/h1-7,15H;. The third kappa shape index (κ3) is 2.06. The van der Waals surface area contributed by atoms with Crippen LogP contribution < -0.4 is 0 Å². The number of nitrogens with zero attached hydrogens (tertiary/aromatic N) is 2. The Labute approximate surface area is 110 Å². The SMILES string of the molecule is Oc1ccccc1-c1nc2cccnc2o1.[Zn]. The molecule has 2 heterocycles. The number of aromatic hydroxyl groups is 1. The summed E-state index contributed by atoms with van der Waals surface area (Å²) in [7, 11) is 0. The van der Waals surface area contributed by atoms with Gasteiger partial charge >= 0.3 is 0 Å². The molecule has 4 nitrogen and oxygen atoms in total. The molecular formula is C12H8N2O2Zn. The van der Waals surface area contributed by atoms with Gasteiger partial charge < -0.3 is 9.52 Å². The average Bonchev–Trinajstić information content (AvgIpc) is 2.73. The van der Waals surface area contributed by atoms with Gasteiger partial charge in [-0.05, 0) is 24.3 Å². The van der Waals surface area contributed by atoms with Gasteiger partial charge in [-0.15, -0.1) is 0 Å². The van der Waals surface area contributed by atoms with Gasteiger partial charge in [-0.3, -0.25) is 0 Å². The van der Waals surface area contributed by atoms with Gasteiger partial charge in [0.1, 0.15) is 11.3 Å². The second kappa shape index (κ2) is 4.64. The van der Waals surface area contributed by atoms with E-state index in [1.54, 1.807) is 30.5 Å². The van der Waals surface area contributed by atoms with Crippen molar-refractivity contribution in [1.82, 2.24) is 9.97 Å². The molecule has 80 valence electrons. The molecule has 0 aliphatic rings. The van der Waals surface area contributed by atoms with Gasteiger partial charge in [0, 0.05) is 25.7 Å². The summed E-state index contributed by atoms with van der Waals surface area (Å²) in [5.74, 6) is 0.529. The molecule has 0 atom stereocenters. The zero-order valence-corrected chi connectivity index (χ0v) is 12.0. The molecule has 0 radical (unpaired) electrons. The van der Waals surface area contributed by atoms with Crippen LogP contribution in [0.1, 0.15) is 0 Å². The first-order valence-corrected chi connectivity index (χ1v) is 4.84. The number of fused-ring (bicyclic) bond motifs is 1. The van der Waals surface area contributed by atoms with Crippen molar-refractivity contribution in [2.45, 2.75) is 0 Å². The van der Waals surface area contributed by atoms with Crippen LogP contribution in [0, 0.1) is 0 Å². The minimum Gasteiger partial charge on any atom is -0.507 e. The molecule has 2 aromatic heterocycles. The van der Waals surface area contributed by atoms with Crippen molar-refractivity contribution in [2.75, 3.05) is 0 Å². The number of phenolic OH excluding ortho intramolecular Hbond substituents is 1. The first-order valence-electron chi connectivity index (χ1n) is 4.84. The molecule has 1 aromatic carbocycles. The number of pyridine rings is 1. The van der Waals surface area contributed by atoms with Crippen molar-refractivity contribution in [2.24, 2.45) is 0 Å². The Morgan fingerprint density at radius 1 is 1.06 bits per heavy atom. The van der Waals surface area contributed by atoms with Gasteiger partial charge in [-0.1, -0.05) is 12.1 Å². The number of phenols is 1. The fourth-order valence-electron chi connectivity index (χ4n) is 1.54. The second-order valence-corrected chi connectivity index (χ2v) is 3.36. The van der Waals surface area contributed by atoms with E-state index in [9.17, 15) is 5.11 Å². The summed E-state index contributed by atoms with van der Waals surface area (Å²) in [6, 6.07) is 10.5. The summed E-state index contributed by atoms with van der Waals surface area (Å²) in [5, 5.41) is 9.67. The van der Waals surface area contributed by atoms with Crippen molar-refractivity contribution in [1.29, 1.82) is 0 Å². The third-order valence-electron chi connectivity index (χ3n) is 2.30. The van der Waals surface area contributed by atoms with Crippen molar-refractivity contribution < 1.29 is 29.0 Å². The van der Waals surface area contributed by atoms with Crippen LogP contribution in [0.25, 0.3) is 22.7 Å². The normalized spacial score (nSPS) is 10.1. The number of benzene rings is 1. The minimum atomic E-state index is 0. The summed E-state index contributed by atoms with van der Waals surface area (Å²) in [6.07, 6.45) is 1.64. The fourth-order valence-corrected chi connectivity index (χ4v) is 1.54. The van der Waals surface area contributed by atoms with Crippen molar-refractivity contribution in [3.63, 3.8) is 0 Å². The summed E-state index contributed by atoms with van der Waals surface area (Å²) in [6.45, 7) is 0. The summed E-state index contributed by atoms with van der Waals surface area (Å²) >= 11 is 0.